The van der Waals surface area contributed by atoms with Crippen LogP contribution in [0.3, 0.4) is 0 Å². The predicted octanol–water partition coefficient (Wildman–Crippen LogP) is 3.17. The molecule has 1 heterocycles. The molecule has 0 spiro atoms. The summed E-state index contributed by atoms with van der Waals surface area (Å²) < 4.78 is 13.1. The molecule has 2 aromatic rings. The fourth-order valence-electron chi connectivity index (χ4n) is 1.57. The quantitative estimate of drug-likeness (QED) is 0.927. The first-order valence-electron chi connectivity index (χ1n) is 5.19. The van der Waals surface area contributed by atoms with Crippen molar-refractivity contribution in [2.24, 2.45) is 0 Å². The van der Waals surface area contributed by atoms with E-state index >= 15 is 0 Å². The van der Waals surface area contributed by atoms with Crippen molar-refractivity contribution in [1.82, 2.24) is 4.98 Å². The Morgan fingerprint density at radius 3 is 2.78 bits per heavy atom. The number of rotatable bonds is 3. The average molecular weight is 266 g/mol. The number of pyridine rings is 1. The van der Waals surface area contributed by atoms with Gasteiger partial charge in [0, 0.05) is 5.56 Å². The third-order valence-electron chi connectivity index (χ3n) is 2.33. The second kappa shape index (κ2) is 5.14. The molecule has 0 atom stereocenters. The molecule has 2 rings (SSSR count). The molecular weight excluding hydrogens is 257 g/mol. The van der Waals surface area contributed by atoms with E-state index in [1.54, 1.807) is 24.3 Å². The summed E-state index contributed by atoms with van der Waals surface area (Å²) in [6.45, 7) is 0. The van der Waals surface area contributed by atoms with Crippen LogP contribution in [0.2, 0.25) is 5.02 Å². The number of aromatic nitrogens is 1. The molecule has 0 radical (unpaired) electrons. The number of aliphatic carboxylic acids is 1. The molecule has 0 saturated carbocycles. The van der Waals surface area contributed by atoms with E-state index in [0.717, 1.165) is 0 Å². The van der Waals surface area contributed by atoms with Crippen molar-refractivity contribution in [2.45, 2.75) is 6.42 Å². The van der Waals surface area contributed by atoms with Gasteiger partial charge in [-0.25, -0.2) is 4.39 Å². The van der Waals surface area contributed by atoms with Gasteiger partial charge >= 0.3 is 5.97 Å². The van der Waals surface area contributed by atoms with E-state index in [1.165, 1.54) is 12.1 Å². The number of benzene rings is 1. The van der Waals surface area contributed by atoms with Crippen LogP contribution in [-0.4, -0.2) is 16.1 Å². The van der Waals surface area contributed by atoms with Crippen molar-refractivity contribution in [1.29, 1.82) is 0 Å². The molecule has 18 heavy (non-hydrogen) atoms. The third kappa shape index (κ3) is 2.84. The summed E-state index contributed by atoms with van der Waals surface area (Å²) in [5.41, 5.74) is 1.29. The summed E-state index contributed by atoms with van der Waals surface area (Å²) in [6, 6.07) is 8.94. The number of nitrogens with zero attached hydrogens (tertiary/aromatic N) is 1. The van der Waals surface area contributed by atoms with Gasteiger partial charge in [-0.15, -0.1) is 0 Å². The van der Waals surface area contributed by atoms with Crippen molar-refractivity contribution in [3.63, 3.8) is 0 Å². The molecule has 0 aliphatic rings. The largest absolute Gasteiger partial charge is 0.481 e. The molecule has 1 N–H and O–H groups in total. The van der Waals surface area contributed by atoms with E-state index in [4.69, 9.17) is 16.7 Å². The van der Waals surface area contributed by atoms with Crippen LogP contribution < -0.4 is 0 Å². The highest BCUT2D eigenvalue weighted by Gasteiger charge is 2.09. The first-order valence-corrected chi connectivity index (χ1v) is 5.57. The van der Waals surface area contributed by atoms with E-state index in [9.17, 15) is 9.18 Å². The molecule has 0 aliphatic heterocycles. The first-order chi connectivity index (χ1) is 8.56. The molecule has 3 nitrogen and oxygen atoms in total. The second-order valence-electron chi connectivity index (χ2n) is 3.71. The Morgan fingerprint density at radius 2 is 2.11 bits per heavy atom. The van der Waals surface area contributed by atoms with Gasteiger partial charge in [0.15, 0.2) is 0 Å². The lowest BCUT2D eigenvalue weighted by molar-refractivity contribution is -0.136. The number of halogens is 2. The average Bonchev–Trinajstić information content (AvgIpc) is 2.31. The van der Waals surface area contributed by atoms with E-state index in [-0.39, 0.29) is 6.42 Å². The monoisotopic (exact) mass is 265 g/mol. The van der Waals surface area contributed by atoms with Gasteiger partial charge in [0.05, 0.1) is 22.8 Å². The number of carboxylic acids is 1. The Bertz CT molecular complexity index is 601. The molecular formula is C13H9ClFNO2. The highest BCUT2D eigenvalue weighted by atomic mass is 35.5. The van der Waals surface area contributed by atoms with Gasteiger partial charge in [0.25, 0.3) is 0 Å². The Morgan fingerprint density at radius 1 is 1.33 bits per heavy atom. The van der Waals surface area contributed by atoms with Crippen LogP contribution >= 0.6 is 11.6 Å². The van der Waals surface area contributed by atoms with Gasteiger partial charge < -0.3 is 5.11 Å². The number of hydrogen-bond donors (Lipinski definition) is 1. The Kier molecular flexibility index (Phi) is 3.58. The molecule has 0 aliphatic carbocycles. The molecule has 1 aromatic heterocycles. The highest BCUT2D eigenvalue weighted by molar-refractivity contribution is 6.33. The van der Waals surface area contributed by atoms with Gasteiger partial charge in [-0.3, -0.25) is 9.78 Å². The third-order valence-corrected chi connectivity index (χ3v) is 2.64. The van der Waals surface area contributed by atoms with Crippen LogP contribution in [0.15, 0.2) is 36.4 Å². The zero-order valence-electron chi connectivity index (χ0n) is 9.23. The van der Waals surface area contributed by atoms with Crippen molar-refractivity contribution >= 4 is 17.6 Å². The molecule has 0 saturated heterocycles. The predicted molar refractivity (Wildman–Crippen MR) is 66.0 cm³/mol. The smallest absolute Gasteiger partial charge is 0.309 e. The minimum atomic E-state index is -0.977. The highest BCUT2D eigenvalue weighted by Crippen LogP contribution is 2.26. The molecule has 0 amide bonds. The SMILES string of the molecule is O=C(O)Cc1ccc(Cl)c(-c2cccc(F)c2)n1. The lowest BCUT2D eigenvalue weighted by atomic mass is 10.1. The Balaban J connectivity index is 2.46. The lowest BCUT2D eigenvalue weighted by Gasteiger charge is -2.06. The zero-order chi connectivity index (χ0) is 13.1. The minimum Gasteiger partial charge on any atom is -0.481 e. The number of carboxylic acid groups (broad SMARTS) is 1. The number of carbonyl (C=O) groups is 1. The van der Waals surface area contributed by atoms with Crippen LogP contribution in [0.25, 0.3) is 11.3 Å². The topological polar surface area (TPSA) is 50.2 Å². The summed E-state index contributed by atoms with van der Waals surface area (Å²) in [5, 5.41) is 9.07. The second-order valence-corrected chi connectivity index (χ2v) is 4.12. The Hall–Kier alpha value is -1.94. The summed E-state index contributed by atoms with van der Waals surface area (Å²) in [4.78, 5) is 14.8. The molecule has 0 fully saturated rings. The van der Waals surface area contributed by atoms with Gasteiger partial charge in [-0.2, -0.15) is 0 Å². The van der Waals surface area contributed by atoms with Crippen LogP contribution in [-0.2, 0) is 11.2 Å². The normalized spacial score (nSPS) is 10.3. The van der Waals surface area contributed by atoms with Crippen LogP contribution in [0, 0.1) is 5.82 Å². The van der Waals surface area contributed by atoms with Gasteiger partial charge in [0.1, 0.15) is 5.82 Å². The standard InChI is InChI=1S/C13H9ClFNO2/c14-11-5-4-10(7-12(17)18)16-13(11)8-2-1-3-9(15)6-8/h1-6H,7H2,(H,17,18). The molecule has 0 unspecified atom stereocenters. The van der Waals surface area contributed by atoms with Crippen molar-refractivity contribution < 1.29 is 14.3 Å². The summed E-state index contributed by atoms with van der Waals surface area (Å²) >= 11 is 5.99. The van der Waals surface area contributed by atoms with Crippen LogP contribution in [0.5, 0.6) is 0 Å². The maximum Gasteiger partial charge on any atom is 0.309 e. The van der Waals surface area contributed by atoms with Gasteiger partial charge in [-0.05, 0) is 24.3 Å². The zero-order valence-corrected chi connectivity index (χ0v) is 9.99. The van der Waals surface area contributed by atoms with Crippen molar-refractivity contribution in [3.8, 4) is 11.3 Å². The van der Waals surface area contributed by atoms with E-state index < -0.39 is 11.8 Å². The van der Waals surface area contributed by atoms with Crippen molar-refractivity contribution in [3.05, 3.63) is 52.9 Å². The summed E-state index contributed by atoms with van der Waals surface area (Å²) in [5.74, 6) is -1.37. The Labute approximate surface area is 108 Å². The van der Waals surface area contributed by atoms with Crippen LogP contribution in [0.4, 0.5) is 4.39 Å². The first kappa shape index (κ1) is 12.5. The maximum absolute atomic E-state index is 13.1. The summed E-state index contributed by atoms with van der Waals surface area (Å²) in [7, 11) is 0. The number of hydrogen-bond acceptors (Lipinski definition) is 2. The van der Waals surface area contributed by atoms with E-state index in [1.807, 2.05) is 0 Å². The summed E-state index contributed by atoms with van der Waals surface area (Å²) in [6.07, 6.45) is -0.195. The fourth-order valence-corrected chi connectivity index (χ4v) is 1.79. The maximum atomic E-state index is 13.1. The lowest BCUT2D eigenvalue weighted by Crippen LogP contribution is -2.03. The van der Waals surface area contributed by atoms with Crippen molar-refractivity contribution in [2.75, 3.05) is 0 Å². The van der Waals surface area contributed by atoms with Gasteiger partial charge in [0.2, 0.25) is 0 Å². The minimum absolute atomic E-state index is 0.195. The van der Waals surface area contributed by atoms with E-state index in [2.05, 4.69) is 4.98 Å². The fraction of sp³-hybridized carbons (Fsp3) is 0.0769. The molecule has 5 heteroatoms. The van der Waals surface area contributed by atoms with Crippen LogP contribution in [0.1, 0.15) is 5.69 Å². The van der Waals surface area contributed by atoms with Gasteiger partial charge in [-0.1, -0.05) is 23.7 Å². The molecule has 92 valence electrons. The van der Waals surface area contributed by atoms with E-state index in [0.29, 0.717) is 22.0 Å². The molecule has 0 bridgehead atoms. The molecule has 1 aromatic carbocycles.